The molecular weight excluding hydrogens is 513 g/mol. The summed E-state index contributed by atoms with van der Waals surface area (Å²) in [4.78, 5) is 18.6. The molecule has 8 heteroatoms. The first kappa shape index (κ1) is 20.5. The number of urea groups is 1. The van der Waals surface area contributed by atoms with Crippen LogP contribution in [-0.2, 0) is 16.6 Å². The Balaban J connectivity index is 1.67. The van der Waals surface area contributed by atoms with Crippen molar-refractivity contribution in [2.45, 2.75) is 18.4 Å². The minimum Gasteiger partial charge on any atom is -0.321 e. The summed E-state index contributed by atoms with van der Waals surface area (Å²) < 4.78 is 28.2. The fraction of sp³-hybridized carbons (Fsp3) is 0.0909. The molecule has 3 aromatic rings. The fourth-order valence-electron chi connectivity index (χ4n) is 3.23. The predicted octanol–water partition coefficient (Wildman–Crippen LogP) is 4.46. The second-order valence-electron chi connectivity index (χ2n) is 6.88. The van der Waals surface area contributed by atoms with Gasteiger partial charge in [-0.3, -0.25) is 0 Å². The molecule has 0 unspecified atom stereocenters. The van der Waals surface area contributed by atoms with Crippen LogP contribution in [0.5, 0.6) is 0 Å². The zero-order chi connectivity index (χ0) is 21.3. The van der Waals surface area contributed by atoms with Crippen molar-refractivity contribution < 1.29 is 13.2 Å². The number of benzene rings is 3. The van der Waals surface area contributed by atoms with Crippen molar-refractivity contribution in [2.24, 2.45) is 4.99 Å². The van der Waals surface area contributed by atoms with Gasteiger partial charge in [0.25, 0.3) is 10.0 Å². The number of anilines is 1. The molecule has 1 aliphatic heterocycles. The first-order chi connectivity index (χ1) is 14.3. The van der Waals surface area contributed by atoms with E-state index in [9.17, 15) is 13.2 Å². The van der Waals surface area contributed by atoms with Crippen molar-refractivity contribution in [2.75, 3.05) is 4.90 Å². The molecular formula is C22H18IN3O3S. The van der Waals surface area contributed by atoms with Crippen LogP contribution in [0.4, 0.5) is 10.5 Å². The summed E-state index contributed by atoms with van der Waals surface area (Å²) in [5, 5.41) is 0. The number of sulfonamides is 1. The molecule has 3 aromatic carbocycles. The van der Waals surface area contributed by atoms with Gasteiger partial charge in [-0.1, -0.05) is 42.0 Å². The lowest BCUT2D eigenvalue weighted by molar-refractivity contribution is 0.254. The molecule has 1 heterocycles. The van der Waals surface area contributed by atoms with Gasteiger partial charge < -0.3 is 4.90 Å². The number of aryl methyl sites for hydroxylation is 1. The van der Waals surface area contributed by atoms with Crippen LogP contribution in [0.25, 0.3) is 0 Å². The number of aliphatic imine (C=N–C) groups is 1. The largest absolute Gasteiger partial charge is 0.356 e. The van der Waals surface area contributed by atoms with E-state index in [0.29, 0.717) is 12.4 Å². The molecule has 0 aromatic heterocycles. The number of amidine groups is 1. The number of fused-ring (bicyclic) bond motifs is 1. The van der Waals surface area contributed by atoms with Crippen LogP contribution >= 0.6 is 22.6 Å². The van der Waals surface area contributed by atoms with Crippen LogP contribution in [0.3, 0.4) is 0 Å². The average molecular weight is 531 g/mol. The Morgan fingerprint density at radius 1 is 1.00 bits per heavy atom. The number of nitrogens with one attached hydrogen (secondary N) is 1. The number of hydrogen-bond donors (Lipinski definition) is 1. The summed E-state index contributed by atoms with van der Waals surface area (Å²) in [5.41, 5.74) is 3.62. The molecule has 6 nitrogen and oxygen atoms in total. The third kappa shape index (κ3) is 4.24. The number of amides is 2. The summed E-state index contributed by atoms with van der Waals surface area (Å²) in [6, 6.07) is 20.8. The molecule has 0 atom stereocenters. The van der Waals surface area contributed by atoms with Gasteiger partial charge in [0, 0.05) is 14.8 Å². The normalized spacial score (nSPS) is 14.6. The molecule has 1 aliphatic rings. The topological polar surface area (TPSA) is 78.8 Å². The highest BCUT2D eigenvalue weighted by atomic mass is 127. The quantitative estimate of drug-likeness (QED) is 0.507. The van der Waals surface area contributed by atoms with Crippen LogP contribution < -0.4 is 9.62 Å². The van der Waals surface area contributed by atoms with Crippen molar-refractivity contribution in [3.8, 4) is 0 Å². The van der Waals surface area contributed by atoms with Gasteiger partial charge in [-0.25, -0.2) is 17.9 Å². The average Bonchev–Trinajstić information content (AvgIpc) is 3.07. The Labute approximate surface area is 188 Å². The number of nitrogens with zero attached hydrogens (tertiary/aromatic N) is 2. The molecule has 152 valence electrons. The Bertz CT molecular complexity index is 1240. The molecule has 1 N–H and O–H groups in total. The molecule has 0 radical (unpaired) electrons. The molecule has 4 rings (SSSR count). The minimum absolute atomic E-state index is 0.0166. The zero-order valence-electron chi connectivity index (χ0n) is 16.0. The second-order valence-corrected chi connectivity index (χ2v) is 9.81. The minimum atomic E-state index is -4.01. The van der Waals surface area contributed by atoms with E-state index in [4.69, 9.17) is 0 Å². The Hall–Kier alpha value is -2.72. The Kier molecular flexibility index (Phi) is 5.61. The number of halogens is 1. The third-order valence-corrected chi connectivity index (χ3v) is 6.80. The van der Waals surface area contributed by atoms with Crippen LogP contribution in [0.2, 0.25) is 0 Å². The lowest BCUT2D eigenvalue weighted by atomic mass is 10.1. The summed E-state index contributed by atoms with van der Waals surface area (Å²) >= 11 is 2.23. The third-order valence-electron chi connectivity index (χ3n) is 4.74. The van der Waals surface area contributed by atoms with Gasteiger partial charge in [-0.2, -0.15) is 4.99 Å². The van der Waals surface area contributed by atoms with Gasteiger partial charge in [-0.15, -0.1) is 0 Å². The van der Waals surface area contributed by atoms with E-state index in [1.165, 1.54) is 12.1 Å². The van der Waals surface area contributed by atoms with Gasteiger partial charge in [-0.05, 0) is 71.5 Å². The number of carbonyl (C=O) groups excluding carboxylic acids is 1. The fourth-order valence-corrected chi connectivity index (χ4v) is 4.48. The smallest absolute Gasteiger partial charge is 0.321 e. The van der Waals surface area contributed by atoms with Gasteiger partial charge >= 0.3 is 6.03 Å². The van der Waals surface area contributed by atoms with Gasteiger partial charge in [0.1, 0.15) is 5.84 Å². The number of carbonyl (C=O) groups is 1. The van der Waals surface area contributed by atoms with Crippen molar-refractivity contribution in [1.29, 1.82) is 0 Å². The van der Waals surface area contributed by atoms with Crippen molar-refractivity contribution >= 4 is 50.2 Å². The standard InChI is InChI=1S/C22H18IN3O3S/c1-15-6-12-19(13-7-15)30(28,29)25-22(27)24-21-20-5-3-2-4-16(20)14-26(21)18-10-8-17(23)9-11-18/h2-13H,14H2,1H3,(H,25,27). The highest BCUT2D eigenvalue weighted by molar-refractivity contribution is 14.1. The Morgan fingerprint density at radius 2 is 1.67 bits per heavy atom. The van der Waals surface area contributed by atoms with Crippen LogP contribution in [0, 0.1) is 10.5 Å². The summed E-state index contributed by atoms with van der Waals surface area (Å²) in [7, 11) is -4.01. The molecule has 2 amide bonds. The van der Waals surface area contributed by atoms with Crippen molar-refractivity contribution in [1.82, 2.24) is 4.72 Å². The van der Waals surface area contributed by atoms with E-state index in [2.05, 4.69) is 27.6 Å². The molecule has 0 bridgehead atoms. The van der Waals surface area contributed by atoms with Gasteiger partial charge in [0.15, 0.2) is 0 Å². The summed E-state index contributed by atoms with van der Waals surface area (Å²) in [6.45, 7) is 2.41. The van der Waals surface area contributed by atoms with Crippen LogP contribution in [-0.4, -0.2) is 20.3 Å². The van der Waals surface area contributed by atoms with Crippen molar-refractivity contribution in [3.05, 3.63) is 93.1 Å². The zero-order valence-corrected chi connectivity index (χ0v) is 19.0. The number of hydrogen-bond acceptors (Lipinski definition) is 3. The molecule has 0 saturated heterocycles. The predicted molar refractivity (Wildman–Crippen MR) is 125 cm³/mol. The lowest BCUT2D eigenvalue weighted by Gasteiger charge is -2.19. The molecule has 0 saturated carbocycles. The molecule has 0 fully saturated rings. The van der Waals surface area contributed by atoms with Crippen LogP contribution in [0.15, 0.2) is 82.7 Å². The van der Waals surface area contributed by atoms with Crippen LogP contribution in [0.1, 0.15) is 16.7 Å². The highest BCUT2D eigenvalue weighted by Gasteiger charge is 2.28. The SMILES string of the molecule is Cc1ccc(S(=O)(=O)NC(=O)N=C2c3ccccc3CN2c2ccc(I)cc2)cc1. The van der Waals surface area contributed by atoms with E-state index in [-0.39, 0.29) is 4.90 Å². The van der Waals surface area contributed by atoms with E-state index >= 15 is 0 Å². The summed E-state index contributed by atoms with van der Waals surface area (Å²) in [5.74, 6) is 0.420. The van der Waals surface area contributed by atoms with Crippen molar-refractivity contribution in [3.63, 3.8) is 0 Å². The maximum absolute atomic E-state index is 12.6. The highest BCUT2D eigenvalue weighted by Crippen LogP contribution is 2.29. The van der Waals surface area contributed by atoms with Gasteiger partial charge in [0.2, 0.25) is 0 Å². The van der Waals surface area contributed by atoms with E-state index < -0.39 is 16.1 Å². The summed E-state index contributed by atoms with van der Waals surface area (Å²) in [6.07, 6.45) is 0. The monoisotopic (exact) mass is 531 g/mol. The first-order valence-corrected chi connectivity index (χ1v) is 11.7. The molecule has 0 spiro atoms. The van der Waals surface area contributed by atoms with Gasteiger partial charge in [0.05, 0.1) is 11.4 Å². The first-order valence-electron chi connectivity index (χ1n) is 9.17. The maximum atomic E-state index is 12.6. The van der Waals surface area contributed by atoms with E-state index in [0.717, 1.165) is 25.9 Å². The van der Waals surface area contributed by atoms with E-state index in [1.54, 1.807) is 12.1 Å². The molecule has 0 aliphatic carbocycles. The Morgan fingerprint density at radius 3 is 2.37 bits per heavy atom. The second kappa shape index (κ2) is 8.19. The maximum Gasteiger partial charge on any atom is 0.356 e. The number of rotatable bonds is 3. The van der Waals surface area contributed by atoms with E-state index in [1.807, 2.05) is 65.1 Å². The lowest BCUT2D eigenvalue weighted by Crippen LogP contribution is -2.31. The molecule has 30 heavy (non-hydrogen) atoms.